The highest BCUT2D eigenvalue weighted by atomic mass is 16.3. The molecule has 536 valence electrons. The van der Waals surface area contributed by atoms with Crippen LogP contribution in [0.15, 0.2) is 302 Å². The van der Waals surface area contributed by atoms with E-state index in [1.165, 1.54) is 77.5 Å². The first-order valence-electron chi connectivity index (χ1n) is 39.0. The number of anilines is 6. The Kier molecular flexibility index (Phi) is 16.1. The van der Waals surface area contributed by atoms with Crippen LogP contribution >= 0.6 is 0 Å². The zero-order valence-electron chi connectivity index (χ0n) is 65.6. The summed E-state index contributed by atoms with van der Waals surface area (Å²) in [5.74, 6) is -0.285. The van der Waals surface area contributed by atoms with Crippen molar-refractivity contribution in [1.29, 1.82) is 0 Å². The van der Waals surface area contributed by atoms with E-state index in [1.807, 2.05) is 0 Å². The summed E-state index contributed by atoms with van der Waals surface area (Å²) < 4.78 is 9.69. The van der Waals surface area contributed by atoms with Crippen molar-refractivity contribution in [2.75, 3.05) is 9.80 Å². The molecule has 0 bridgehead atoms. The molecule has 0 N–H and O–H groups in total. The topological polar surface area (TPSA) is 24.6 Å². The molecule has 0 aliphatic carbocycles. The van der Waals surface area contributed by atoms with Gasteiger partial charge in [0.25, 0.3) is 0 Å². The van der Waals surface area contributed by atoms with Crippen molar-refractivity contribution in [1.82, 2.24) is 4.57 Å². The summed E-state index contributed by atoms with van der Waals surface area (Å²) in [6.07, 6.45) is 0. The van der Waals surface area contributed by atoms with E-state index in [-0.39, 0.29) is 33.0 Å². The fraction of sp³-hybridized carbons (Fsp3) is 0.200. The number of para-hydroxylation sites is 3. The lowest BCUT2D eigenvalue weighted by Gasteiger charge is -2.47. The third kappa shape index (κ3) is 11.7. The van der Waals surface area contributed by atoms with E-state index < -0.39 is 0 Å². The Morgan fingerprint density at radius 2 is 0.679 bits per heavy atom. The summed E-state index contributed by atoms with van der Waals surface area (Å²) >= 11 is 0. The van der Waals surface area contributed by atoms with Gasteiger partial charge in [0.15, 0.2) is 0 Å². The minimum absolute atomic E-state index is 0.115. The van der Waals surface area contributed by atoms with Gasteiger partial charge in [0.2, 0.25) is 0 Å². The summed E-state index contributed by atoms with van der Waals surface area (Å²) in [6, 6.07) is 114. The average Bonchev–Trinajstić information content (AvgIpc) is 1.41. The molecular weight excluding hydrogens is 1320 g/mol. The number of furan rings is 1. The Morgan fingerprint density at radius 1 is 0.266 bits per heavy atom. The summed E-state index contributed by atoms with van der Waals surface area (Å²) in [4.78, 5) is 5.50. The Morgan fingerprint density at radius 3 is 1.19 bits per heavy atom. The molecule has 1 atom stereocenters. The Hall–Kier alpha value is -11.7. The lowest BCUT2D eigenvalue weighted by atomic mass is 9.72. The zero-order valence-corrected chi connectivity index (χ0v) is 65.6. The van der Waals surface area contributed by atoms with Crippen LogP contribution in [0, 0.1) is 0 Å². The van der Waals surface area contributed by atoms with Crippen molar-refractivity contribution >= 4 is 77.9 Å². The molecule has 0 radical (unpaired) electrons. The van der Waals surface area contributed by atoms with Gasteiger partial charge < -0.3 is 18.8 Å². The standard InChI is InChI=1S/C105H95N3O/c1-101(2,3)73-53-71(54-74(59-73)102(4,5)6)69-50-52-86-84(57-69)95-80-51-49-70(72-55-75(103(7,8)9)60-76(56-72)104(10,11)12)58-87(80)108(100-83(66-37-23-17-24-38-66)64-92-97(81-46-32-34-48-91(81)109-92)94(100)68-41-27-19-28-42-68)89-62-77(105(13,14)15)61-88(98(89)95)107(86)99-82(65-35-21-16-22-36-65)63-90-96(93(99)67-39-25-18-26-40-67)79-45-31-33-47-85(79)106(90)78-43-29-20-30-44-78/h16-64,95H,1-15H3. The van der Waals surface area contributed by atoms with Gasteiger partial charge in [-0.15, -0.1) is 0 Å². The molecule has 4 nitrogen and oxygen atoms in total. The van der Waals surface area contributed by atoms with Crippen LogP contribution in [-0.2, 0) is 27.1 Å². The van der Waals surface area contributed by atoms with E-state index in [9.17, 15) is 0 Å². The largest absolute Gasteiger partial charge is 0.456 e. The SMILES string of the molecule is CC(C)(C)c1cc(-c2ccc3c(c2)C2c4ccc(-c5cc(C(C)(C)C)cc(C(C)(C)C)c5)cc4N(c4c(-c5ccccc5)cc5oc6ccccc6c5c4-c4ccccc4)c4cc(C(C)(C)C)cc(c42)N3c2c(-c3ccccc3)cc3c(c2-c2ccccc2)c2ccccc2n3-c2ccccc2)cc(C(C)(C)C)c1. The van der Waals surface area contributed by atoms with Gasteiger partial charge in [-0.25, -0.2) is 0 Å². The van der Waals surface area contributed by atoms with E-state index in [2.05, 4.69) is 415 Å². The van der Waals surface area contributed by atoms with Gasteiger partial charge in [0.05, 0.1) is 45.2 Å². The molecule has 2 aliphatic heterocycles. The highest BCUT2D eigenvalue weighted by Crippen LogP contribution is 2.66. The monoisotopic (exact) mass is 1410 g/mol. The zero-order chi connectivity index (χ0) is 75.4. The molecule has 2 aliphatic rings. The van der Waals surface area contributed by atoms with Crippen LogP contribution in [0.1, 0.15) is 154 Å². The molecule has 109 heavy (non-hydrogen) atoms. The van der Waals surface area contributed by atoms with E-state index in [0.29, 0.717) is 0 Å². The summed E-state index contributed by atoms with van der Waals surface area (Å²) in [5, 5.41) is 4.54. The molecule has 0 fully saturated rings. The fourth-order valence-corrected chi connectivity index (χ4v) is 17.4. The lowest BCUT2D eigenvalue weighted by Crippen LogP contribution is -2.31. The summed E-state index contributed by atoms with van der Waals surface area (Å²) in [7, 11) is 0. The molecule has 16 aromatic rings. The smallest absolute Gasteiger partial charge is 0.136 e. The van der Waals surface area contributed by atoms with Gasteiger partial charge in [0, 0.05) is 61.0 Å². The van der Waals surface area contributed by atoms with Crippen LogP contribution < -0.4 is 9.80 Å². The first-order valence-corrected chi connectivity index (χ1v) is 39.0. The Labute approximate surface area is 643 Å². The number of benzene rings is 14. The molecule has 0 saturated heterocycles. The Balaban J connectivity index is 1.07. The van der Waals surface area contributed by atoms with Crippen molar-refractivity contribution < 1.29 is 4.42 Å². The van der Waals surface area contributed by atoms with Crippen molar-refractivity contribution in [3.63, 3.8) is 0 Å². The van der Waals surface area contributed by atoms with Crippen LogP contribution in [0.3, 0.4) is 0 Å². The van der Waals surface area contributed by atoms with Gasteiger partial charge >= 0.3 is 0 Å². The van der Waals surface area contributed by atoms with Crippen molar-refractivity contribution in [3.8, 4) is 72.4 Å². The molecule has 14 aromatic carbocycles. The van der Waals surface area contributed by atoms with Crippen molar-refractivity contribution in [2.24, 2.45) is 0 Å². The number of hydrogen-bond donors (Lipinski definition) is 0. The number of rotatable bonds is 9. The maximum atomic E-state index is 7.19. The van der Waals surface area contributed by atoms with Gasteiger partial charge in [-0.1, -0.05) is 334 Å². The van der Waals surface area contributed by atoms with Gasteiger partial charge in [-0.3, -0.25) is 0 Å². The second-order valence-electron chi connectivity index (χ2n) is 35.7. The second-order valence-corrected chi connectivity index (χ2v) is 35.7. The fourth-order valence-electron chi connectivity index (χ4n) is 17.4. The van der Waals surface area contributed by atoms with E-state index in [1.54, 1.807) is 0 Å². The van der Waals surface area contributed by atoms with E-state index >= 15 is 0 Å². The van der Waals surface area contributed by atoms with E-state index in [4.69, 9.17) is 4.42 Å². The first kappa shape index (κ1) is 69.0. The molecule has 2 aromatic heterocycles. The third-order valence-corrected chi connectivity index (χ3v) is 23.3. The first-order chi connectivity index (χ1) is 52.2. The predicted octanol–water partition coefficient (Wildman–Crippen LogP) is 29.9. The van der Waals surface area contributed by atoms with Crippen LogP contribution in [0.4, 0.5) is 34.1 Å². The molecule has 0 amide bonds. The van der Waals surface area contributed by atoms with Crippen molar-refractivity contribution in [3.05, 3.63) is 342 Å². The normalized spacial score (nSPS) is 13.9. The molecule has 1 unspecified atom stereocenters. The third-order valence-electron chi connectivity index (χ3n) is 23.3. The molecule has 4 heterocycles. The van der Waals surface area contributed by atoms with Crippen molar-refractivity contribution in [2.45, 2.75) is 137 Å². The van der Waals surface area contributed by atoms with Crippen LogP contribution in [-0.4, -0.2) is 4.57 Å². The highest BCUT2D eigenvalue weighted by molar-refractivity contribution is 6.23. The summed E-state index contributed by atoms with van der Waals surface area (Å²) in [6.45, 7) is 35.5. The number of nitrogens with zero attached hydrogens (tertiary/aromatic N) is 3. The molecule has 0 saturated carbocycles. The van der Waals surface area contributed by atoms with Crippen LogP contribution in [0.25, 0.3) is 116 Å². The quantitative estimate of drug-likeness (QED) is 0.144. The maximum absolute atomic E-state index is 7.19. The second kappa shape index (κ2) is 25.5. The molecule has 4 heteroatoms. The van der Waals surface area contributed by atoms with Crippen LogP contribution in [0.2, 0.25) is 0 Å². The summed E-state index contributed by atoms with van der Waals surface area (Å²) in [5.41, 5.74) is 34.9. The molecule has 18 rings (SSSR count). The average molecular weight is 1410 g/mol. The van der Waals surface area contributed by atoms with Gasteiger partial charge in [0.1, 0.15) is 11.2 Å². The number of aromatic nitrogens is 1. The van der Waals surface area contributed by atoms with E-state index in [0.717, 1.165) is 117 Å². The number of fused-ring (bicyclic) bond motifs is 10. The minimum Gasteiger partial charge on any atom is -0.456 e. The molecular formula is C105H95N3O. The lowest BCUT2D eigenvalue weighted by molar-refractivity contribution is 0.568. The predicted molar refractivity (Wildman–Crippen MR) is 464 cm³/mol. The Bertz CT molecular complexity index is 6210. The minimum atomic E-state index is -0.364. The van der Waals surface area contributed by atoms with Crippen LogP contribution in [0.5, 0.6) is 0 Å². The molecule has 0 spiro atoms. The van der Waals surface area contributed by atoms with Gasteiger partial charge in [-0.2, -0.15) is 0 Å². The highest BCUT2D eigenvalue weighted by Gasteiger charge is 2.46. The number of hydrogen-bond acceptors (Lipinski definition) is 3. The maximum Gasteiger partial charge on any atom is 0.136 e. The van der Waals surface area contributed by atoms with Gasteiger partial charge in [-0.05, 0) is 177 Å².